The van der Waals surface area contributed by atoms with Crippen LogP contribution in [0.5, 0.6) is 5.75 Å². The Bertz CT molecular complexity index is 2410. The molecule has 52 heavy (non-hydrogen) atoms. The van der Waals surface area contributed by atoms with E-state index in [0.717, 1.165) is 62.0 Å². The van der Waals surface area contributed by atoms with E-state index in [1.807, 2.05) is 91.0 Å². The maximum absolute atomic E-state index is 9.77. The summed E-state index contributed by atoms with van der Waals surface area (Å²) in [5, 5.41) is 25.1. The summed E-state index contributed by atoms with van der Waals surface area (Å²) in [5.41, 5.74) is 8.33. The maximum Gasteiger partial charge on any atom is 0.205 e. The quantitative estimate of drug-likeness (QED) is 0.134. The van der Waals surface area contributed by atoms with Crippen molar-refractivity contribution in [2.45, 2.75) is 25.5 Å². The summed E-state index contributed by atoms with van der Waals surface area (Å²) in [6.07, 6.45) is 0.769. The van der Waals surface area contributed by atoms with Crippen LogP contribution in [0.3, 0.4) is 0 Å². The van der Waals surface area contributed by atoms with Gasteiger partial charge in [0.25, 0.3) is 0 Å². The number of aromatic nitrogens is 5. The van der Waals surface area contributed by atoms with Crippen molar-refractivity contribution in [2.75, 3.05) is 0 Å². The van der Waals surface area contributed by atoms with E-state index in [1.54, 1.807) is 10.9 Å². The van der Waals surface area contributed by atoms with E-state index in [2.05, 4.69) is 79.7 Å². The van der Waals surface area contributed by atoms with Gasteiger partial charge in [0.15, 0.2) is 5.54 Å². The number of pyridine rings is 1. The first-order valence-electron chi connectivity index (χ1n) is 17.3. The van der Waals surface area contributed by atoms with E-state index in [0.29, 0.717) is 23.7 Å². The lowest BCUT2D eigenvalue weighted by molar-refractivity contribution is 0.309. The molecule has 6 aromatic carbocycles. The molecule has 0 atom stereocenters. The van der Waals surface area contributed by atoms with E-state index in [9.17, 15) is 5.26 Å². The van der Waals surface area contributed by atoms with E-state index >= 15 is 0 Å². The Hall–Kier alpha value is -6.91. The number of nitriles is 1. The molecule has 0 saturated carbocycles. The number of benzene rings is 6. The Labute approximate surface area is 302 Å². The molecule has 7 heteroatoms. The minimum absolute atomic E-state index is 0.348. The second kappa shape index (κ2) is 14.1. The topological polar surface area (TPSA) is 89.5 Å². The molecule has 0 radical (unpaired) electrons. The number of hydrogen-bond acceptors (Lipinski definition) is 6. The van der Waals surface area contributed by atoms with Gasteiger partial charge in [0.2, 0.25) is 5.82 Å². The smallest absolute Gasteiger partial charge is 0.205 e. The summed E-state index contributed by atoms with van der Waals surface area (Å²) in [5.74, 6) is 1.19. The fraction of sp³-hybridized carbons (Fsp3) is 0.0889. The van der Waals surface area contributed by atoms with Gasteiger partial charge in [0, 0.05) is 17.3 Å². The molecule has 7 nitrogen and oxygen atoms in total. The number of aryl methyl sites for hydroxylation is 1. The van der Waals surface area contributed by atoms with Crippen LogP contribution in [0.1, 0.15) is 40.4 Å². The molecule has 0 saturated heterocycles. The van der Waals surface area contributed by atoms with Crippen molar-refractivity contribution in [1.29, 1.82) is 5.26 Å². The van der Waals surface area contributed by atoms with Crippen LogP contribution in [-0.2, 0) is 18.6 Å². The third-order valence-electron chi connectivity index (χ3n) is 9.45. The summed E-state index contributed by atoms with van der Waals surface area (Å²) >= 11 is 0. The molecule has 0 unspecified atom stereocenters. The molecule has 0 aliphatic carbocycles. The number of hydrogen-bond donors (Lipinski definition) is 0. The van der Waals surface area contributed by atoms with E-state index in [-0.39, 0.29) is 0 Å². The zero-order valence-corrected chi connectivity index (χ0v) is 28.6. The van der Waals surface area contributed by atoms with Gasteiger partial charge in [-0.15, -0.1) is 15.0 Å². The van der Waals surface area contributed by atoms with Gasteiger partial charge >= 0.3 is 0 Å². The molecule has 0 aliphatic heterocycles. The highest BCUT2D eigenvalue weighted by Crippen LogP contribution is 2.40. The number of rotatable bonds is 10. The maximum atomic E-state index is 9.77. The zero-order valence-electron chi connectivity index (χ0n) is 28.6. The first-order valence-corrected chi connectivity index (χ1v) is 17.3. The summed E-state index contributed by atoms with van der Waals surface area (Å²) in [4.78, 5) is 6.46. The normalized spacial score (nSPS) is 11.3. The Balaban J connectivity index is 1.14. The lowest BCUT2D eigenvalue weighted by atomic mass is 9.77. The largest absolute Gasteiger partial charge is 0.488 e. The Morgan fingerprint density at radius 1 is 0.673 bits per heavy atom. The van der Waals surface area contributed by atoms with Gasteiger partial charge in [-0.25, -0.2) is 0 Å². The van der Waals surface area contributed by atoms with Gasteiger partial charge in [0.1, 0.15) is 12.4 Å². The standard InChI is InChI=1S/C45H34N6O/c1-2-38-29-42(43-34(30-46)15-14-24-41(43)47-38)52-31-32-25-27-33(28-26-32)39-22-12-13-23-40(39)44-48-50-51(49-44)45(35-16-6-3-7-17-35,36-18-8-4-9-19-36)37-20-10-5-11-21-37/h3-29H,2,31H2,1H3. The van der Waals surface area contributed by atoms with Crippen LogP contribution in [0.25, 0.3) is 33.4 Å². The van der Waals surface area contributed by atoms with Gasteiger partial charge in [-0.3, -0.25) is 4.98 Å². The fourth-order valence-electron chi connectivity index (χ4n) is 6.91. The highest BCUT2D eigenvalue weighted by atomic mass is 16.5. The molecule has 250 valence electrons. The van der Waals surface area contributed by atoms with Crippen LogP contribution in [0, 0.1) is 11.3 Å². The van der Waals surface area contributed by atoms with Crippen LogP contribution in [0.4, 0.5) is 0 Å². The molecule has 0 spiro atoms. The van der Waals surface area contributed by atoms with Gasteiger partial charge < -0.3 is 4.74 Å². The van der Waals surface area contributed by atoms with Crippen molar-refractivity contribution in [3.05, 3.63) is 197 Å². The molecule has 0 amide bonds. The summed E-state index contributed by atoms with van der Waals surface area (Å²) in [7, 11) is 0. The molecule has 8 aromatic rings. The van der Waals surface area contributed by atoms with Crippen molar-refractivity contribution in [3.8, 4) is 34.3 Å². The van der Waals surface area contributed by atoms with Crippen molar-refractivity contribution in [1.82, 2.24) is 25.2 Å². The summed E-state index contributed by atoms with van der Waals surface area (Å²) in [6, 6.07) is 57.3. The highest BCUT2D eigenvalue weighted by molar-refractivity contribution is 5.90. The van der Waals surface area contributed by atoms with Crippen LogP contribution in [0.15, 0.2) is 164 Å². The molecule has 0 aliphatic rings. The number of nitrogens with zero attached hydrogens (tertiary/aromatic N) is 6. The van der Waals surface area contributed by atoms with Crippen molar-refractivity contribution >= 4 is 10.9 Å². The van der Waals surface area contributed by atoms with Crippen LogP contribution < -0.4 is 4.74 Å². The van der Waals surface area contributed by atoms with E-state index < -0.39 is 5.54 Å². The molecule has 2 heterocycles. The monoisotopic (exact) mass is 674 g/mol. The molecule has 0 fully saturated rings. The lowest BCUT2D eigenvalue weighted by Crippen LogP contribution is -2.39. The second-order valence-corrected chi connectivity index (χ2v) is 12.5. The molecule has 2 aromatic heterocycles. The second-order valence-electron chi connectivity index (χ2n) is 12.5. The highest BCUT2D eigenvalue weighted by Gasteiger charge is 2.41. The first kappa shape index (κ1) is 32.3. The van der Waals surface area contributed by atoms with Crippen LogP contribution in [0.2, 0.25) is 0 Å². The third-order valence-corrected chi connectivity index (χ3v) is 9.45. The molecule has 0 N–H and O–H groups in total. The molecule has 0 bridgehead atoms. The fourth-order valence-corrected chi connectivity index (χ4v) is 6.91. The predicted molar refractivity (Wildman–Crippen MR) is 203 cm³/mol. The van der Waals surface area contributed by atoms with Crippen molar-refractivity contribution < 1.29 is 4.74 Å². The predicted octanol–water partition coefficient (Wildman–Crippen LogP) is 9.41. The number of fused-ring (bicyclic) bond motifs is 1. The molecule has 8 rings (SSSR count). The molecular formula is C45H34N6O. The van der Waals surface area contributed by atoms with Crippen LogP contribution >= 0.6 is 0 Å². The number of ether oxygens (including phenoxy) is 1. The van der Waals surface area contributed by atoms with E-state index in [4.69, 9.17) is 25.1 Å². The summed E-state index contributed by atoms with van der Waals surface area (Å²) in [6.45, 7) is 2.41. The Kier molecular flexibility index (Phi) is 8.78. The van der Waals surface area contributed by atoms with Crippen LogP contribution in [-0.4, -0.2) is 25.2 Å². The Morgan fingerprint density at radius 2 is 1.27 bits per heavy atom. The lowest BCUT2D eigenvalue weighted by Gasteiger charge is -2.34. The zero-order chi connectivity index (χ0) is 35.3. The van der Waals surface area contributed by atoms with Crippen molar-refractivity contribution in [2.24, 2.45) is 0 Å². The first-order chi connectivity index (χ1) is 25.7. The van der Waals surface area contributed by atoms with E-state index in [1.165, 1.54) is 0 Å². The number of tetrazole rings is 1. The Morgan fingerprint density at radius 3 is 1.87 bits per heavy atom. The average molecular weight is 675 g/mol. The minimum Gasteiger partial charge on any atom is -0.488 e. The summed E-state index contributed by atoms with van der Waals surface area (Å²) < 4.78 is 6.35. The minimum atomic E-state index is -0.863. The van der Waals surface area contributed by atoms with Gasteiger partial charge in [0.05, 0.1) is 22.5 Å². The average Bonchev–Trinajstić information content (AvgIpc) is 3.71. The van der Waals surface area contributed by atoms with Gasteiger partial charge in [-0.05, 0) is 57.1 Å². The SMILES string of the molecule is CCc1cc(OCc2ccc(-c3ccccc3-c3nnn(C(c4ccccc4)(c4ccccc4)c4ccccc4)n3)cc2)c2c(C#N)cccc2n1. The van der Waals surface area contributed by atoms with Crippen molar-refractivity contribution in [3.63, 3.8) is 0 Å². The molecular weight excluding hydrogens is 641 g/mol. The van der Waals surface area contributed by atoms with Gasteiger partial charge in [-0.2, -0.15) is 5.26 Å². The third kappa shape index (κ3) is 5.86. The van der Waals surface area contributed by atoms with Gasteiger partial charge in [-0.1, -0.05) is 153 Å².